The summed E-state index contributed by atoms with van der Waals surface area (Å²) >= 11 is 0. The molecule has 0 radical (unpaired) electrons. The number of aromatic nitrogens is 2. The molecule has 26 heavy (non-hydrogen) atoms. The fourth-order valence-electron chi connectivity index (χ4n) is 2.90. The molecule has 1 atom stereocenters. The van der Waals surface area contributed by atoms with Crippen LogP contribution in [0.2, 0.25) is 0 Å². The maximum Gasteiger partial charge on any atom is 0.267 e. The number of likely N-dealkylation sites (N-methyl/N-ethyl adjacent to an activating group) is 1. The molecule has 0 aliphatic rings. The third-order valence-corrected chi connectivity index (χ3v) is 4.19. The summed E-state index contributed by atoms with van der Waals surface area (Å²) in [5, 5.41) is 6.37. The molecule has 0 N–H and O–H groups in total. The summed E-state index contributed by atoms with van der Waals surface area (Å²) in [4.78, 5) is 38.1. The van der Waals surface area contributed by atoms with Gasteiger partial charge in [-0.15, -0.1) is 0 Å². The van der Waals surface area contributed by atoms with Crippen molar-refractivity contribution in [2.24, 2.45) is 0 Å². The molecule has 0 unspecified atom stereocenters. The van der Waals surface area contributed by atoms with Crippen LogP contribution in [0.5, 0.6) is 0 Å². The van der Waals surface area contributed by atoms with Gasteiger partial charge in [-0.25, -0.2) is 4.68 Å². The van der Waals surface area contributed by atoms with Gasteiger partial charge in [0.05, 0.1) is 5.69 Å². The van der Waals surface area contributed by atoms with Crippen molar-refractivity contribution in [3.05, 3.63) is 65.0 Å². The maximum atomic E-state index is 12.4. The first kappa shape index (κ1) is 17.5. The van der Waals surface area contributed by atoms with Gasteiger partial charge in [0.1, 0.15) is 0 Å². The number of ketones is 1. The molecule has 132 valence electrons. The lowest BCUT2D eigenvalue weighted by molar-refractivity contribution is -0.138. The maximum absolute atomic E-state index is 12.4. The Hall–Kier alpha value is -3.28. The van der Waals surface area contributed by atoms with Crippen LogP contribution in [0.1, 0.15) is 13.0 Å². The minimum absolute atomic E-state index is 0.437. The number of hydrogen-bond acceptors (Lipinski definition) is 4. The molecule has 1 heterocycles. The smallest absolute Gasteiger partial charge is 0.267 e. The molecule has 0 fully saturated rings. The molecule has 0 bridgehead atoms. The Bertz CT molecular complexity index is 1050. The highest BCUT2D eigenvalue weighted by atomic mass is 16.2. The highest BCUT2D eigenvalue weighted by Gasteiger charge is 2.29. The zero-order valence-electron chi connectivity index (χ0n) is 14.8. The quantitative estimate of drug-likeness (QED) is 0.678. The van der Waals surface area contributed by atoms with E-state index in [0.717, 1.165) is 21.0 Å². The summed E-state index contributed by atoms with van der Waals surface area (Å²) in [5.41, 5.74) is 0.861. The Kier molecular flexibility index (Phi) is 4.67. The Balaban J connectivity index is 2.20. The van der Waals surface area contributed by atoms with Crippen molar-refractivity contribution in [1.29, 1.82) is 0 Å². The van der Waals surface area contributed by atoms with E-state index in [-0.39, 0.29) is 0 Å². The topological polar surface area (TPSA) is 72.3 Å². The van der Waals surface area contributed by atoms with E-state index in [2.05, 4.69) is 5.10 Å². The summed E-state index contributed by atoms with van der Waals surface area (Å²) in [5.74, 6) is -0.921. The van der Waals surface area contributed by atoms with E-state index in [9.17, 15) is 14.4 Å². The zero-order chi connectivity index (χ0) is 18.8. The molecule has 3 aromatic rings. The summed E-state index contributed by atoms with van der Waals surface area (Å²) in [6.07, 6.45) is 0. The van der Waals surface area contributed by atoms with Crippen molar-refractivity contribution in [2.45, 2.75) is 13.0 Å². The second-order valence-corrected chi connectivity index (χ2v) is 6.27. The molecule has 0 saturated heterocycles. The number of amides is 1. The molecule has 0 saturated carbocycles. The predicted molar refractivity (Wildman–Crippen MR) is 99.9 cm³/mol. The number of benzene rings is 2. The van der Waals surface area contributed by atoms with Gasteiger partial charge in [-0.1, -0.05) is 42.5 Å². The van der Waals surface area contributed by atoms with Crippen LogP contribution < -0.4 is 5.56 Å². The molecule has 0 aliphatic heterocycles. The molecule has 0 aliphatic carbocycles. The Morgan fingerprint density at radius 3 is 2.38 bits per heavy atom. The lowest BCUT2D eigenvalue weighted by atomic mass is 10.0. The number of fused-ring (bicyclic) bond motifs is 1. The van der Waals surface area contributed by atoms with Gasteiger partial charge in [-0.2, -0.15) is 5.10 Å². The largest absolute Gasteiger partial charge is 0.347 e. The Morgan fingerprint density at radius 1 is 1.00 bits per heavy atom. The summed E-state index contributed by atoms with van der Waals surface area (Å²) in [7, 11) is 3.08. The van der Waals surface area contributed by atoms with Crippen LogP contribution in [0.3, 0.4) is 0 Å². The number of carbonyl (C=O) groups excluding carboxylic acids is 2. The van der Waals surface area contributed by atoms with Gasteiger partial charge in [0, 0.05) is 25.7 Å². The number of hydrogen-bond donors (Lipinski definition) is 0. The minimum atomic E-state index is -1.27. The minimum Gasteiger partial charge on any atom is -0.347 e. The average Bonchev–Trinajstić information content (AvgIpc) is 2.62. The third kappa shape index (κ3) is 3.13. The van der Waals surface area contributed by atoms with E-state index in [1.807, 2.05) is 42.5 Å². The molecule has 6 heteroatoms. The fraction of sp³-hybridized carbons (Fsp3) is 0.200. The van der Waals surface area contributed by atoms with Crippen LogP contribution in [-0.4, -0.2) is 40.5 Å². The average molecular weight is 349 g/mol. The van der Waals surface area contributed by atoms with Crippen molar-refractivity contribution in [3.63, 3.8) is 0 Å². The molecule has 1 amide bonds. The Morgan fingerprint density at radius 2 is 1.69 bits per heavy atom. The first-order valence-electron chi connectivity index (χ1n) is 8.20. The molecule has 3 rings (SSSR count). The number of Topliss-reactive ketones (excluding diaryl/α,β-unsaturated/α-hetero) is 1. The van der Waals surface area contributed by atoms with Gasteiger partial charge in [0.15, 0.2) is 11.8 Å². The van der Waals surface area contributed by atoms with E-state index in [1.165, 1.54) is 32.0 Å². The molecule has 6 nitrogen and oxygen atoms in total. The van der Waals surface area contributed by atoms with Crippen LogP contribution in [0, 0.1) is 0 Å². The van der Waals surface area contributed by atoms with Crippen molar-refractivity contribution in [3.8, 4) is 11.3 Å². The van der Waals surface area contributed by atoms with E-state index in [1.54, 1.807) is 6.07 Å². The fourth-order valence-corrected chi connectivity index (χ4v) is 2.90. The second kappa shape index (κ2) is 6.92. The number of rotatable bonds is 4. The van der Waals surface area contributed by atoms with Crippen LogP contribution in [-0.2, 0) is 9.59 Å². The monoisotopic (exact) mass is 349 g/mol. The molecule has 1 aromatic heterocycles. The summed E-state index contributed by atoms with van der Waals surface area (Å²) in [6.45, 7) is 1.28. The van der Waals surface area contributed by atoms with Gasteiger partial charge in [-0.05, 0) is 23.8 Å². The molecular formula is C20H19N3O3. The standard InChI is InChI=1S/C20H19N3O3/c1-13(24)19(20(26)22(2)3)23-18(25)12-11-17(21-23)16-10-6-8-14-7-4-5-9-15(14)16/h4-12,19H,1-3H3/t19-/m1/s1. The second-order valence-electron chi connectivity index (χ2n) is 6.27. The van der Waals surface area contributed by atoms with E-state index < -0.39 is 23.3 Å². The number of carbonyl (C=O) groups is 2. The van der Waals surface area contributed by atoms with Gasteiger partial charge in [-0.3, -0.25) is 14.4 Å². The van der Waals surface area contributed by atoms with E-state index in [4.69, 9.17) is 0 Å². The highest BCUT2D eigenvalue weighted by molar-refractivity contribution is 6.02. The molecular weight excluding hydrogens is 330 g/mol. The van der Waals surface area contributed by atoms with Gasteiger partial charge < -0.3 is 4.90 Å². The first-order valence-corrected chi connectivity index (χ1v) is 8.20. The molecule has 2 aromatic carbocycles. The summed E-state index contributed by atoms with van der Waals surface area (Å²) < 4.78 is 0.974. The normalized spacial score (nSPS) is 12.0. The molecule has 0 spiro atoms. The van der Waals surface area contributed by atoms with Crippen molar-refractivity contribution >= 4 is 22.5 Å². The van der Waals surface area contributed by atoms with Gasteiger partial charge in [0.25, 0.3) is 11.5 Å². The Labute approximate surface area is 150 Å². The lowest BCUT2D eigenvalue weighted by Crippen LogP contribution is -2.41. The predicted octanol–water partition coefficient (Wildman–Crippen LogP) is 2.28. The van der Waals surface area contributed by atoms with E-state index in [0.29, 0.717) is 5.69 Å². The van der Waals surface area contributed by atoms with Crippen molar-refractivity contribution in [2.75, 3.05) is 14.1 Å². The van der Waals surface area contributed by atoms with Crippen molar-refractivity contribution in [1.82, 2.24) is 14.7 Å². The van der Waals surface area contributed by atoms with Crippen LogP contribution >= 0.6 is 0 Å². The van der Waals surface area contributed by atoms with Crippen molar-refractivity contribution < 1.29 is 9.59 Å². The van der Waals surface area contributed by atoms with Gasteiger partial charge in [0.2, 0.25) is 0 Å². The third-order valence-electron chi connectivity index (χ3n) is 4.19. The van der Waals surface area contributed by atoms with Gasteiger partial charge >= 0.3 is 0 Å². The highest BCUT2D eigenvalue weighted by Crippen LogP contribution is 2.26. The zero-order valence-corrected chi connectivity index (χ0v) is 14.8. The number of nitrogens with zero attached hydrogens (tertiary/aromatic N) is 3. The van der Waals surface area contributed by atoms with Crippen LogP contribution in [0.4, 0.5) is 0 Å². The first-order chi connectivity index (χ1) is 12.4. The van der Waals surface area contributed by atoms with E-state index >= 15 is 0 Å². The SMILES string of the molecule is CC(=O)[C@H](C(=O)N(C)C)n1nc(-c2cccc3ccccc23)ccc1=O. The van der Waals surface area contributed by atoms with Crippen LogP contribution in [0.25, 0.3) is 22.0 Å². The summed E-state index contributed by atoms with van der Waals surface area (Å²) in [6, 6.07) is 15.3. The van der Waals surface area contributed by atoms with Crippen LogP contribution in [0.15, 0.2) is 59.4 Å². The lowest BCUT2D eigenvalue weighted by Gasteiger charge is -2.20.